The highest BCUT2D eigenvalue weighted by molar-refractivity contribution is 5.92. The van der Waals surface area contributed by atoms with E-state index in [1.54, 1.807) is 12.1 Å². The molecule has 0 aliphatic carbocycles. The van der Waals surface area contributed by atoms with E-state index in [1.807, 2.05) is 42.7 Å². The zero-order chi connectivity index (χ0) is 28.5. The fourth-order valence-corrected chi connectivity index (χ4v) is 6.05. The quantitative estimate of drug-likeness (QED) is 0.254. The Balaban J connectivity index is 1.01. The van der Waals surface area contributed by atoms with Crippen LogP contribution in [0.4, 0.5) is 0 Å². The Labute approximate surface area is 243 Å². The van der Waals surface area contributed by atoms with E-state index in [1.165, 1.54) is 0 Å². The van der Waals surface area contributed by atoms with Crippen LogP contribution >= 0.6 is 0 Å². The molecule has 0 radical (unpaired) electrons. The Bertz CT molecular complexity index is 1730. The Morgan fingerprint density at radius 1 is 1.02 bits per heavy atom. The normalized spacial score (nSPS) is 17.9. The average molecular weight is 564 g/mol. The molecule has 2 saturated heterocycles. The number of pyridine rings is 2. The Morgan fingerprint density at radius 2 is 1.88 bits per heavy atom. The first-order valence-corrected chi connectivity index (χ1v) is 14.6. The van der Waals surface area contributed by atoms with Crippen molar-refractivity contribution in [2.45, 2.75) is 51.0 Å². The molecule has 9 nitrogen and oxygen atoms in total. The lowest BCUT2D eigenvalue weighted by Crippen LogP contribution is -2.35. The summed E-state index contributed by atoms with van der Waals surface area (Å²) in [5, 5.41) is 11.8. The van der Waals surface area contributed by atoms with Crippen molar-refractivity contribution in [3.63, 3.8) is 0 Å². The molecular weight excluding hydrogens is 530 g/mol. The van der Waals surface area contributed by atoms with Gasteiger partial charge in [-0.2, -0.15) is 0 Å². The van der Waals surface area contributed by atoms with Crippen LogP contribution in [0.5, 0.6) is 5.88 Å². The standard InChI is InChI=1S/C33H33N5O4/c39-33(40)23-7-8-29-30(17-23)38(19-26-12-16-41-26)31(35-29)20-37-14-10-22(11-15-37)28-5-2-6-32(36-28)42-21-25-4-1-3-24-18-34-13-9-27(24)25/h1-9,13,17-18,22,26H,10-12,14-16,19-21H2,(H,39,40). The predicted octanol–water partition coefficient (Wildman–Crippen LogP) is 5.43. The Morgan fingerprint density at radius 3 is 2.69 bits per heavy atom. The second kappa shape index (κ2) is 11.5. The molecule has 0 saturated carbocycles. The van der Waals surface area contributed by atoms with E-state index in [9.17, 15) is 9.90 Å². The highest BCUT2D eigenvalue weighted by atomic mass is 16.5. The van der Waals surface area contributed by atoms with Crippen LogP contribution in [0.2, 0.25) is 0 Å². The second-order valence-corrected chi connectivity index (χ2v) is 11.2. The van der Waals surface area contributed by atoms with Crippen LogP contribution in [0.3, 0.4) is 0 Å². The highest BCUT2D eigenvalue weighted by Gasteiger charge is 2.26. The van der Waals surface area contributed by atoms with Crippen LogP contribution in [0, 0.1) is 0 Å². The van der Waals surface area contributed by atoms with Gasteiger partial charge in [0.15, 0.2) is 0 Å². The van der Waals surface area contributed by atoms with Crippen molar-refractivity contribution in [2.24, 2.45) is 0 Å². The third kappa shape index (κ3) is 5.45. The van der Waals surface area contributed by atoms with E-state index < -0.39 is 5.97 Å². The van der Waals surface area contributed by atoms with E-state index in [4.69, 9.17) is 19.4 Å². The van der Waals surface area contributed by atoms with Crippen molar-refractivity contribution in [2.75, 3.05) is 19.7 Å². The lowest BCUT2D eigenvalue weighted by molar-refractivity contribution is -0.0592. The number of aromatic carboxylic acids is 1. The van der Waals surface area contributed by atoms with E-state index in [0.29, 0.717) is 31.5 Å². The van der Waals surface area contributed by atoms with Gasteiger partial charge in [0.25, 0.3) is 0 Å². The number of benzene rings is 2. The molecule has 7 rings (SSSR count). The summed E-state index contributed by atoms with van der Waals surface area (Å²) in [5.74, 6) is 1.05. The van der Waals surface area contributed by atoms with Gasteiger partial charge in [0, 0.05) is 42.1 Å². The molecule has 0 amide bonds. The maximum Gasteiger partial charge on any atom is 0.335 e. The van der Waals surface area contributed by atoms with Crippen molar-refractivity contribution >= 4 is 27.8 Å². The van der Waals surface area contributed by atoms with Gasteiger partial charge in [-0.25, -0.2) is 14.8 Å². The molecule has 5 heterocycles. The summed E-state index contributed by atoms with van der Waals surface area (Å²) in [7, 11) is 0. The van der Waals surface area contributed by atoms with Gasteiger partial charge < -0.3 is 19.1 Å². The molecule has 2 aliphatic rings. The number of carboxylic acid groups (broad SMARTS) is 1. The van der Waals surface area contributed by atoms with Crippen molar-refractivity contribution < 1.29 is 19.4 Å². The fourth-order valence-electron chi connectivity index (χ4n) is 6.05. The first-order valence-electron chi connectivity index (χ1n) is 14.6. The number of carboxylic acids is 1. The molecule has 2 fully saturated rings. The lowest BCUT2D eigenvalue weighted by atomic mass is 9.93. The van der Waals surface area contributed by atoms with Crippen molar-refractivity contribution in [1.82, 2.24) is 24.4 Å². The number of aromatic nitrogens is 4. The van der Waals surface area contributed by atoms with Crippen molar-refractivity contribution in [3.05, 3.63) is 95.7 Å². The number of imidazole rings is 1. The zero-order valence-electron chi connectivity index (χ0n) is 23.4. The van der Waals surface area contributed by atoms with E-state index >= 15 is 0 Å². The van der Waals surface area contributed by atoms with E-state index in [0.717, 1.165) is 77.8 Å². The summed E-state index contributed by atoms with van der Waals surface area (Å²) < 4.78 is 14.0. The summed E-state index contributed by atoms with van der Waals surface area (Å²) in [6.07, 6.45) is 6.85. The molecule has 42 heavy (non-hydrogen) atoms. The molecule has 1 N–H and O–H groups in total. The van der Waals surface area contributed by atoms with E-state index in [-0.39, 0.29) is 11.7 Å². The number of likely N-dealkylation sites (tertiary alicyclic amines) is 1. The van der Waals surface area contributed by atoms with Crippen LogP contribution in [0.25, 0.3) is 21.8 Å². The van der Waals surface area contributed by atoms with Gasteiger partial charge >= 0.3 is 5.97 Å². The van der Waals surface area contributed by atoms with Gasteiger partial charge in [-0.05, 0) is 73.6 Å². The molecule has 0 bridgehead atoms. The highest BCUT2D eigenvalue weighted by Crippen LogP contribution is 2.30. The molecule has 9 heteroatoms. The van der Waals surface area contributed by atoms with Crippen LogP contribution in [0.1, 0.15) is 52.6 Å². The third-order valence-corrected chi connectivity index (χ3v) is 8.52. The first kappa shape index (κ1) is 26.6. The maximum atomic E-state index is 11.6. The molecule has 214 valence electrons. The lowest BCUT2D eigenvalue weighted by Gasteiger charge is -2.32. The number of fused-ring (bicyclic) bond motifs is 2. The fraction of sp³-hybridized carbons (Fsp3) is 0.333. The van der Waals surface area contributed by atoms with Gasteiger partial charge in [0.05, 0.1) is 35.8 Å². The third-order valence-electron chi connectivity index (χ3n) is 8.52. The minimum Gasteiger partial charge on any atom is -0.478 e. The average Bonchev–Trinajstić information content (AvgIpc) is 3.34. The summed E-state index contributed by atoms with van der Waals surface area (Å²) in [5.41, 5.74) is 4.15. The van der Waals surface area contributed by atoms with Gasteiger partial charge in [-0.15, -0.1) is 0 Å². The van der Waals surface area contributed by atoms with Gasteiger partial charge in [0.1, 0.15) is 12.4 Å². The molecular formula is C33H33N5O4. The van der Waals surface area contributed by atoms with Gasteiger partial charge in [-0.1, -0.05) is 24.3 Å². The first-order chi connectivity index (χ1) is 20.6. The Kier molecular flexibility index (Phi) is 7.27. The van der Waals surface area contributed by atoms with Crippen molar-refractivity contribution in [1.29, 1.82) is 0 Å². The van der Waals surface area contributed by atoms with Crippen LogP contribution in [-0.4, -0.2) is 61.3 Å². The summed E-state index contributed by atoms with van der Waals surface area (Å²) in [6, 6.07) is 19.4. The van der Waals surface area contributed by atoms with Gasteiger partial charge in [-0.3, -0.25) is 9.88 Å². The zero-order valence-corrected chi connectivity index (χ0v) is 23.4. The number of rotatable bonds is 9. The minimum absolute atomic E-state index is 0.151. The number of ether oxygens (including phenoxy) is 2. The number of hydrogen-bond donors (Lipinski definition) is 1. The number of nitrogens with zero attached hydrogens (tertiary/aromatic N) is 5. The summed E-state index contributed by atoms with van der Waals surface area (Å²) >= 11 is 0. The summed E-state index contributed by atoms with van der Waals surface area (Å²) in [6.45, 7) is 4.51. The van der Waals surface area contributed by atoms with E-state index in [2.05, 4.69) is 32.7 Å². The monoisotopic (exact) mass is 563 g/mol. The van der Waals surface area contributed by atoms with Gasteiger partial charge in [0.2, 0.25) is 5.88 Å². The summed E-state index contributed by atoms with van der Waals surface area (Å²) in [4.78, 5) is 28.1. The molecule has 1 unspecified atom stereocenters. The maximum absolute atomic E-state index is 11.6. The number of hydrogen-bond acceptors (Lipinski definition) is 7. The van der Waals surface area contributed by atoms with Crippen molar-refractivity contribution in [3.8, 4) is 5.88 Å². The number of carbonyl (C=O) groups is 1. The molecule has 2 aliphatic heterocycles. The topological polar surface area (TPSA) is 103 Å². The second-order valence-electron chi connectivity index (χ2n) is 11.2. The molecule has 0 spiro atoms. The SMILES string of the molecule is O=C(O)c1ccc2nc(CN3CCC(c4cccc(OCc5cccc6cnccc56)n4)CC3)n(CC3CCO3)c2c1. The predicted molar refractivity (Wildman–Crippen MR) is 159 cm³/mol. The van der Waals surface area contributed by atoms with Crippen LogP contribution in [-0.2, 0) is 24.4 Å². The molecule has 1 atom stereocenters. The van der Waals surface area contributed by atoms with Crippen LogP contribution in [0.15, 0.2) is 73.1 Å². The van der Waals surface area contributed by atoms with Crippen LogP contribution < -0.4 is 4.74 Å². The molecule has 5 aromatic rings. The smallest absolute Gasteiger partial charge is 0.335 e. The minimum atomic E-state index is -0.928. The molecule has 3 aromatic heterocycles. The largest absolute Gasteiger partial charge is 0.478 e. The molecule has 2 aromatic carbocycles. The Hall–Kier alpha value is -4.34. The number of piperidine rings is 1.